The number of alkyl halides is 2. The zero-order valence-electron chi connectivity index (χ0n) is 12.3. The monoisotopic (exact) mass is 296 g/mol. The third kappa shape index (κ3) is 4.49. The molecule has 1 aliphatic heterocycles. The van der Waals surface area contributed by atoms with Gasteiger partial charge in [0.15, 0.2) is 0 Å². The second-order valence-corrected chi connectivity index (χ2v) is 5.47. The van der Waals surface area contributed by atoms with Gasteiger partial charge in [0.2, 0.25) is 5.91 Å². The Hall–Kier alpha value is -1.49. The van der Waals surface area contributed by atoms with E-state index in [9.17, 15) is 13.6 Å². The van der Waals surface area contributed by atoms with Gasteiger partial charge in [-0.25, -0.2) is 8.78 Å². The minimum atomic E-state index is -2.35. The van der Waals surface area contributed by atoms with Crippen LogP contribution in [0.3, 0.4) is 0 Å². The summed E-state index contributed by atoms with van der Waals surface area (Å²) in [5.41, 5.74) is 1.08. The van der Waals surface area contributed by atoms with Crippen LogP contribution < -0.4 is 0 Å². The van der Waals surface area contributed by atoms with Crippen molar-refractivity contribution in [3.63, 3.8) is 0 Å². The highest BCUT2D eigenvalue weighted by molar-refractivity contribution is 5.77. The Morgan fingerprint density at radius 3 is 2.62 bits per heavy atom. The smallest absolute Gasteiger partial charge is 0.251 e. The summed E-state index contributed by atoms with van der Waals surface area (Å²) >= 11 is 0. The molecule has 0 bridgehead atoms. The van der Waals surface area contributed by atoms with Crippen molar-refractivity contribution in [1.29, 1.82) is 0 Å². The summed E-state index contributed by atoms with van der Waals surface area (Å²) < 4.78 is 25.2. The highest BCUT2D eigenvalue weighted by atomic mass is 19.3. The zero-order chi connectivity index (χ0) is 15.2. The number of nitrogens with zero attached hydrogens (tertiary/aromatic N) is 2. The maximum Gasteiger partial charge on any atom is 0.251 e. The first-order valence-electron chi connectivity index (χ1n) is 7.44. The van der Waals surface area contributed by atoms with E-state index < -0.39 is 6.43 Å². The van der Waals surface area contributed by atoms with Gasteiger partial charge in [-0.1, -0.05) is 37.3 Å². The fourth-order valence-electron chi connectivity index (χ4n) is 2.80. The van der Waals surface area contributed by atoms with Crippen molar-refractivity contribution >= 4 is 5.91 Å². The highest BCUT2D eigenvalue weighted by Gasteiger charge is 2.29. The molecule has 0 spiro atoms. The molecule has 0 saturated carbocycles. The van der Waals surface area contributed by atoms with Gasteiger partial charge in [-0.3, -0.25) is 9.69 Å². The lowest BCUT2D eigenvalue weighted by Gasteiger charge is -2.31. The Morgan fingerprint density at radius 2 is 2.00 bits per heavy atom. The third-order valence-electron chi connectivity index (χ3n) is 3.94. The van der Waals surface area contributed by atoms with E-state index in [1.54, 1.807) is 4.90 Å². The van der Waals surface area contributed by atoms with Gasteiger partial charge in [0.05, 0.1) is 6.54 Å². The Labute approximate surface area is 124 Å². The van der Waals surface area contributed by atoms with Crippen LogP contribution in [0.2, 0.25) is 0 Å². The summed E-state index contributed by atoms with van der Waals surface area (Å²) in [5, 5.41) is 0. The number of benzene rings is 1. The van der Waals surface area contributed by atoms with Crippen LogP contribution in [-0.4, -0.2) is 47.8 Å². The number of carbonyl (C=O) groups excluding carboxylic acids is 1. The first-order chi connectivity index (χ1) is 10.1. The van der Waals surface area contributed by atoms with Gasteiger partial charge in [-0.15, -0.1) is 0 Å². The standard InChI is InChI=1S/C16H22F2N2O/c1-2-14-11-19(12-15(17)18)9-8-16(21)20(14)10-13-6-4-3-5-7-13/h3-7,14-15H,2,8-12H2,1H3/t14-/m1/s1. The number of rotatable bonds is 5. The van der Waals surface area contributed by atoms with E-state index >= 15 is 0 Å². The van der Waals surface area contributed by atoms with Crippen LogP contribution in [0.15, 0.2) is 30.3 Å². The molecule has 3 nitrogen and oxygen atoms in total. The minimum Gasteiger partial charge on any atom is -0.334 e. The predicted molar refractivity (Wildman–Crippen MR) is 78.1 cm³/mol. The SMILES string of the molecule is CC[C@@H]1CN(CC(F)F)CCC(=O)N1Cc1ccccc1. The van der Waals surface area contributed by atoms with Gasteiger partial charge in [-0.2, -0.15) is 0 Å². The summed E-state index contributed by atoms with van der Waals surface area (Å²) in [6.45, 7) is 3.26. The first kappa shape index (κ1) is 15.9. The highest BCUT2D eigenvalue weighted by Crippen LogP contribution is 2.18. The minimum absolute atomic E-state index is 0.000967. The van der Waals surface area contributed by atoms with Crippen molar-refractivity contribution in [3.05, 3.63) is 35.9 Å². The quantitative estimate of drug-likeness (QED) is 0.834. The summed E-state index contributed by atoms with van der Waals surface area (Å²) in [6, 6.07) is 9.81. The molecule has 0 radical (unpaired) electrons. The number of hydrogen-bond acceptors (Lipinski definition) is 2. The van der Waals surface area contributed by atoms with Crippen molar-refractivity contribution in [2.75, 3.05) is 19.6 Å². The van der Waals surface area contributed by atoms with Crippen LogP contribution in [0.25, 0.3) is 0 Å². The molecule has 1 aromatic rings. The molecule has 0 aromatic heterocycles. The predicted octanol–water partition coefficient (Wildman–Crippen LogP) is 2.76. The Morgan fingerprint density at radius 1 is 1.29 bits per heavy atom. The van der Waals surface area contributed by atoms with Crippen molar-refractivity contribution < 1.29 is 13.6 Å². The fourth-order valence-corrected chi connectivity index (χ4v) is 2.80. The second-order valence-electron chi connectivity index (χ2n) is 5.47. The molecule has 1 amide bonds. The molecule has 1 atom stereocenters. The number of amides is 1. The molecule has 1 aromatic carbocycles. The first-order valence-corrected chi connectivity index (χ1v) is 7.44. The lowest BCUT2D eigenvalue weighted by Crippen LogP contribution is -2.43. The summed E-state index contributed by atoms with van der Waals surface area (Å²) in [4.78, 5) is 15.9. The molecule has 0 aliphatic carbocycles. The average Bonchev–Trinajstić information content (AvgIpc) is 2.61. The summed E-state index contributed by atoms with van der Waals surface area (Å²) in [7, 11) is 0. The van der Waals surface area contributed by atoms with E-state index in [1.807, 2.05) is 42.2 Å². The number of carbonyl (C=O) groups is 1. The van der Waals surface area contributed by atoms with Gasteiger partial charge in [-0.05, 0) is 12.0 Å². The Bertz CT molecular complexity index is 453. The van der Waals surface area contributed by atoms with Crippen molar-refractivity contribution in [2.24, 2.45) is 0 Å². The van der Waals surface area contributed by atoms with Crippen LogP contribution in [0.1, 0.15) is 25.3 Å². The van der Waals surface area contributed by atoms with Crippen LogP contribution in [-0.2, 0) is 11.3 Å². The van der Waals surface area contributed by atoms with Crippen molar-refractivity contribution in [2.45, 2.75) is 38.8 Å². The van der Waals surface area contributed by atoms with Gasteiger partial charge in [0, 0.05) is 32.1 Å². The van der Waals surface area contributed by atoms with E-state index in [1.165, 1.54) is 0 Å². The van der Waals surface area contributed by atoms with Gasteiger partial charge in [0.25, 0.3) is 6.43 Å². The molecule has 116 valence electrons. The molecule has 0 unspecified atom stereocenters. The molecule has 1 saturated heterocycles. The van der Waals surface area contributed by atoms with Crippen LogP contribution in [0.5, 0.6) is 0 Å². The topological polar surface area (TPSA) is 23.6 Å². The van der Waals surface area contributed by atoms with E-state index in [0.717, 1.165) is 12.0 Å². The Balaban J connectivity index is 2.09. The van der Waals surface area contributed by atoms with Crippen molar-refractivity contribution in [1.82, 2.24) is 9.80 Å². The number of hydrogen-bond donors (Lipinski definition) is 0. The lowest BCUT2D eigenvalue weighted by atomic mass is 10.1. The molecule has 1 aliphatic rings. The van der Waals surface area contributed by atoms with E-state index in [0.29, 0.717) is 26.1 Å². The summed E-state index contributed by atoms with van der Waals surface area (Å²) in [5.74, 6) is 0.0578. The molecule has 0 N–H and O–H groups in total. The Kier molecular flexibility index (Phi) is 5.67. The van der Waals surface area contributed by atoms with Crippen LogP contribution in [0, 0.1) is 0 Å². The maximum atomic E-state index is 12.6. The lowest BCUT2D eigenvalue weighted by molar-refractivity contribution is -0.133. The maximum absolute atomic E-state index is 12.6. The van der Waals surface area contributed by atoms with Gasteiger partial charge in [0.1, 0.15) is 0 Å². The molecule has 5 heteroatoms. The summed E-state index contributed by atoms with van der Waals surface area (Å²) in [6.07, 6.45) is -1.26. The van der Waals surface area contributed by atoms with Gasteiger partial charge < -0.3 is 4.90 Å². The van der Waals surface area contributed by atoms with Crippen molar-refractivity contribution in [3.8, 4) is 0 Å². The molecular formula is C16H22F2N2O. The third-order valence-corrected chi connectivity index (χ3v) is 3.94. The second kappa shape index (κ2) is 7.50. The molecule has 2 rings (SSSR count). The van der Waals surface area contributed by atoms with Crippen LogP contribution >= 0.6 is 0 Å². The normalized spacial score (nSPS) is 20.9. The molecular weight excluding hydrogens is 274 g/mol. The molecule has 1 heterocycles. The number of halogens is 2. The van der Waals surface area contributed by atoms with E-state index in [4.69, 9.17) is 0 Å². The molecule has 1 fully saturated rings. The largest absolute Gasteiger partial charge is 0.334 e. The van der Waals surface area contributed by atoms with Gasteiger partial charge >= 0.3 is 0 Å². The van der Waals surface area contributed by atoms with Crippen LogP contribution in [0.4, 0.5) is 8.78 Å². The molecule has 21 heavy (non-hydrogen) atoms. The fraction of sp³-hybridized carbons (Fsp3) is 0.562. The average molecular weight is 296 g/mol. The zero-order valence-corrected chi connectivity index (χ0v) is 12.3. The van der Waals surface area contributed by atoms with E-state index in [2.05, 4.69) is 0 Å². The van der Waals surface area contributed by atoms with E-state index in [-0.39, 0.29) is 18.5 Å².